The number of fused-ring (bicyclic) bond motifs is 3. The van der Waals surface area contributed by atoms with E-state index in [0.717, 1.165) is 59.0 Å². The van der Waals surface area contributed by atoms with Gasteiger partial charge in [-0.15, -0.1) is 0 Å². The molecule has 1 aliphatic carbocycles. The van der Waals surface area contributed by atoms with E-state index in [1.807, 2.05) is 6.20 Å². The van der Waals surface area contributed by atoms with Gasteiger partial charge in [-0.05, 0) is 117 Å². The summed E-state index contributed by atoms with van der Waals surface area (Å²) in [7, 11) is 0. The van der Waals surface area contributed by atoms with Crippen LogP contribution in [0.4, 0.5) is 0 Å². The first-order chi connectivity index (χ1) is 24.4. The van der Waals surface area contributed by atoms with Crippen LogP contribution in [0.5, 0.6) is 11.5 Å². The summed E-state index contributed by atoms with van der Waals surface area (Å²) in [6.07, 6.45) is 9.83. The van der Waals surface area contributed by atoms with Crippen LogP contribution in [0.2, 0.25) is 0 Å². The monoisotopic (exact) mass is 678 g/mol. The van der Waals surface area contributed by atoms with Crippen molar-refractivity contribution >= 4 is 21.8 Å². The Hall–Kier alpha value is -4.64. The average molecular weight is 679 g/mol. The molecule has 51 heavy (non-hydrogen) atoms. The fourth-order valence-electron chi connectivity index (χ4n) is 8.10. The number of aryl methyl sites for hydroxylation is 2. The first-order valence-corrected chi connectivity index (χ1v) is 19.0. The molecule has 0 spiro atoms. The molecular formula is C46H54N4O. The minimum atomic E-state index is -0.0825. The van der Waals surface area contributed by atoms with Crippen LogP contribution in [-0.2, 0) is 18.3 Å². The number of pyridine rings is 1. The third-order valence-electron chi connectivity index (χ3n) is 11.0. The van der Waals surface area contributed by atoms with Crippen molar-refractivity contribution in [2.75, 3.05) is 0 Å². The van der Waals surface area contributed by atoms with Crippen molar-refractivity contribution in [3.63, 3.8) is 0 Å². The van der Waals surface area contributed by atoms with E-state index >= 15 is 0 Å². The van der Waals surface area contributed by atoms with E-state index in [2.05, 4.69) is 150 Å². The highest BCUT2D eigenvalue weighted by molar-refractivity contribution is 6.09. The van der Waals surface area contributed by atoms with Crippen LogP contribution in [0, 0.1) is 18.8 Å². The van der Waals surface area contributed by atoms with Crippen molar-refractivity contribution in [2.45, 2.75) is 106 Å². The van der Waals surface area contributed by atoms with Gasteiger partial charge in [-0.2, -0.15) is 5.10 Å². The SMILES string of the molecule is CCc1ccnc(-n2c3ccccc3c3ccc(Oc4cc(-n5nc(C)c(C6C(C)=CCC[C@@H]6C)c5CCC(C)C)cc(C(C)(C)C)c4)cc32)c1. The lowest BCUT2D eigenvalue weighted by molar-refractivity contribution is 0.445. The van der Waals surface area contributed by atoms with E-state index < -0.39 is 0 Å². The number of allylic oxidation sites excluding steroid dienone is 2. The minimum absolute atomic E-state index is 0.0825. The Morgan fingerprint density at radius 1 is 0.902 bits per heavy atom. The van der Waals surface area contributed by atoms with Gasteiger partial charge in [-0.25, -0.2) is 9.67 Å². The number of para-hydroxylation sites is 1. The summed E-state index contributed by atoms with van der Waals surface area (Å²) in [5, 5.41) is 7.71. The van der Waals surface area contributed by atoms with E-state index in [1.165, 1.54) is 51.6 Å². The van der Waals surface area contributed by atoms with Crippen molar-refractivity contribution in [2.24, 2.45) is 11.8 Å². The van der Waals surface area contributed by atoms with Gasteiger partial charge >= 0.3 is 0 Å². The largest absolute Gasteiger partial charge is 0.457 e. The third-order valence-corrected chi connectivity index (χ3v) is 11.0. The van der Waals surface area contributed by atoms with Gasteiger partial charge in [0.05, 0.1) is 22.4 Å². The molecule has 0 bridgehead atoms. The van der Waals surface area contributed by atoms with Crippen molar-refractivity contribution in [3.8, 4) is 23.0 Å². The highest BCUT2D eigenvalue weighted by atomic mass is 16.5. The Morgan fingerprint density at radius 2 is 1.69 bits per heavy atom. The van der Waals surface area contributed by atoms with Gasteiger partial charge in [0.2, 0.25) is 0 Å². The molecule has 0 N–H and O–H groups in total. The summed E-state index contributed by atoms with van der Waals surface area (Å²) >= 11 is 0. The fraction of sp³-hybridized carbons (Fsp3) is 0.391. The van der Waals surface area contributed by atoms with Gasteiger partial charge in [-0.3, -0.25) is 4.57 Å². The highest BCUT2D eigenvalue weighted by Gasteiger charge is 2.31. The van der Waals surface area contributed by atoms with Crippen LogP contribution in [0.3, 0.4) is 0 Å². The topological polar surface area (TPSA) is 44.9 Å². The molecule has 264 valence electrons. The zero-order chi connectivity index (χ0) is 36.0. The molecule has 1 aliphatic rings. The van der Waals surface area contributed by atoms with Gasteiger partial charge in [0, 0.05) is 46.3 Å². The third kappa shape index (κ3) is 6.76. The summed E-state index contributed by atoms with van der Waals surface area (Å²) in [4.78, 5) is 4.82. The lowest BCUT2D eigenvalue weighted by Crippen LogP contribution is -2.18. The minimum Gasteiger partial charge on any atom is -0.457 e. The van der Waals surface area contributed by atoms with Crippen molar-refractivity contribution in [3.05, 3.63) is 119 Å². The van der Waals surface area contributed by atoms with Crippen LogP contribution in [0.15, 0.2) is 90.6 Å². The number of benzene rings is 3. The first-order valence-electron chi connectivity index (χ1n) is 19.0. The second-order valence-electron chi connectivity index (χ2n) is 16.2. The van der Waals surface area contributed by atoms with Crippen LogP contribution in [0.25, 0.3) is 33.3 Å². The van der Waals surface area contributed by atoms with Crippen LogP contribution < -0.4 is 4.74 Å². The maximum absolute atomic E-state index is 6.86. The van der Waals surface area contributed by atoms with Crippen molar-refractivity contribution in [1.29, 1.82) is 0 Å². The molecule has 5 nitrogen and oxygen atoms in total. The Bertz CT molecular complexity index is 2240. The number of rotatable bonds is 9. The lowest BCUT2D eigenvalue weighted by atomic mass is 9.75. The molecule has 3 heterocycles. The highest BCUT2D eigenvalue weighted by Crippen LogP contribution is 2.43. The predicted molar refractivity (Wildman–Crippen MR) is 213 cm³/mol. The summed E-state index contributed by atoms with van der Waals surface area (Å²) in [5.74, 6) is 4.13. The number of hydrogen-bond donors (Lipinski definition) is 0. The fourth-order valence-corrected chi connectivity index (χ4v) is 8.10. The molecule has 1 unspecified atom stereocenters. The number of aromatic nitrogens is 4. The zero-order valence-corrected chi connectivity index (χ0v) is 32.0. The summed E-state index contributed by atoms with van der Waals surface area (Å²) in [6, 6.07) is 26.0. The molecule has 2 atom stereocenters. The molecule has 3 aromatic heterocycles. The van der Waals surface area contributed by atoms with Gasteiger partial charge in [0.1, 0.15) is 17.3 Å². The van der Waals surface area contributed by atoms with Crippen molar-refractivity contribution < 1.29 is 4.74 Å². The molecule has 0 amide bonds. The second-order valence-corrected chi connectivity index (χ2v) is 16.2. The quantitative estimate of drug-likeness (QED) is 0.143. The molecule has 0 aliphatic heterocycles. The maximum Gasteiger partial charge on any atom is 0.137 e. The molecular weight excluding hydrogens is 625 g/mol. The van der Waals surface area contributed by atoms with E-state index in [1.54, 1.807) is 0 Å². The maximum atomic E-state index is 6.86. The molecule has 0 radical (unpaired) electrons. The Labute approximate surface area is 304 Å². The molecule has 0 saturated carbocycles. The van der Waals surface area contributed by atoms with Gasteiger partial charge in [-0.1, -0.05) is 78.3 Å². The van der Waals surface area contributed by atoms with Crippen LogP contribution >= 0.6 is 0 Å². The van der Waals surface area contributed by atoms with Crippen LogP contribution in [0.1, 0.15) is 109 Å². The summed E-state index contributed by atoms with van der Waals surface area (Å²) < 4.78 is 11.4. The average Bonchev–Trinajstić information content (AvgIpc) is 3.60. The molecule has 6 aromatic rings. The van der Waals surface area contributed by atoms with Gasteiger partial charge < -0.3 is 4.74 Å². The zero-order valence-electron chi connectivity index (χ0n) is 32.0. The smallest absolute Gasteiger partial charge is 0.137 e. The second kappa shape index (κ2) is 13.8. The molecule has 5 heteroatoms. The van der Waals surface area contributed by atoms with E-state index in [-0.39, 0.29) is 5.41 Å². The van der Waals surface area contributed by atoms with E-state index in [4.69, 9.17) is 14.8 Å². The van der Waals surface area contributed by atoms with Crippen molar-refractivity contribution in [1.82, 2.24) is 19.3 Å². The standard InChI is InChI=1S/C46H54N4O/c1-10-33-22-23-47-43(24-33)49-40-17-12-11-16-38(40)39-20-19-36(28-42(39)49)51-37-26-34(46(7,8)9)25-35(27-37)50-41(21-18-29(2)3)45(32(6)48-50)44-30(4)14-13-15-31(44)5/h11-12,14,16-17,19-20,22-29,31,44H,10,13,15,18,21H2,1-9H3/t31-,44?/m0/s1. The number of nitrogens with zero attached hydrogens (tertiary/aromatic N) is 4. The summed E-state index contributed by atoms with van der Waals surface area (Å²) in [6.45, 7) is 20.6. The van der Waals surface area contributed by atoms with E-state index in [0.29, 0.717) is 17.8 Å². The molecule has 0 fully saturated rings. The first kappa shape index (κ1) is 34.8. The summed E-state index contributed by atoms with van der Waals surface area (Å²) in [5.41, 5.74) is 11.1. The Balaban J connectivity index is 1.36. The number of hydrogen-bond acceptors (Lipinski definition) is 3. The normalized spacial score (nSPS) is 16.7. The molecule has 0 saturated heterocycles. The number of ether oxygens (including phenoxy) is 1. The molecule has 3 aromatic carbocycles. The van der Waals surface area contributed by atoms with Crippen LogP contribution in [-0.4, -0.2) is 19.3 Å². The predicted octanol–water partition coefficient (Wildman–Crippen LogP) is 12.4. The molecule has 7 rings (SSSR count). The van der Waals surface area contributed by atoms with Gasteiger partial charge in [0.15, 0.2) is 0 Å². The van der Waals surface area contributed by atoms with Gasteiger partial charge in [0.25, 0.3) is 0 Å². The van der Waals surface area contributed by atoms with E-state index in [9.17, 15) is 0 Å². The lowest BCUT2D eigenvalue weighted by Gasteiger charge is -2.30. The Morgan fingerprint density at radius 3 is 2.43 bits per heavy atom. The Kier molecular flexibility index (Phi) is 9.43.